The summed E-state index contributed by atoms with van der Waals surface area (Å²) in [4.78, 5) is 2.73. The number of hydrogen-bond acceptors (Lipinski definition) is 2. The Morgan fingerprint density at radius 1 is 1.16 bits per heavy atom. The van der Waals surface area contributed by atoms with Gasteiger partial charge < -0.3 is 5.32 Å². The third-order valence-electron chi connectivity index (χ3n) is 4.69. The molecule has 1 aliphatic carbocycles. The molecule has 0 aliphatic heterocycles. The van der Waals surface area contributed by atoms with Crippen molar-refractivity contribution in [2.45, 2.75) is 85.2 Å². The Morgan fingerprint density at radius 3 is 2.47 bits per heavy atom. The summed E-state index contributed by atoms with van der Waals surface area (Å²) in [6.07, 6.45) is 7.96. The predicted molar refractivity (Wildman–Crippen MR) is 85.7 cm³/mol. The Kier molecular flexibility index (Phi) is 7.38. The van der Waals surface area contributed by atoms with Crippen molar-refractivity contribution in [1.82, 2.24) is 10.2 Å². The van der Waals surface area contributed by atoms with Crippen LogP contribution in [0.1, 0.15) is 73.1 Å². The molecule has 19 heavy (non-hydrogen) atoms. The van der Waals surface area contributed by atoms with Crippen molar-refractivity contribution in [3.8, 4) is 0 Å². The van der Waals surface area contributed by atoms with Gasteiger partial charge in [-0.15, -0.1) is 0 Å². The van der Waals surface area contributed by atoms with E-state index in [1.165, 1.54) is 58.2 Å². The molecule has 0 amide bonds. The molecule has 1 fully saturated rings. The van der Waals surface area contributed by atoms with Crippen molar-refractivity contribution in [3.05, 3.63) is 0 Å². The molecule has 0 aromatic carbocycles. The lowest BCUT2D eigenvalue weighted by Crippen LogP contribution is -2.55. The molecule has 0 aromatic rings. The minimum atomic E-state index is 0.523. The molecular formula is C17H36N2. The second kappa shape index (κ2) is 8.26. The van der Waals surface area contributed by atoms with Gasteiger partial charge in [-0.2, -0.15) is 0 Å². The highest BCUT2D eigenvalue weighted by molar-refractivity contribution is 4.94. The summed E-state index contributed by atoms with van der Waals surface area (Å²) in [7, 11) is 0. The fourth-order valence-electron chi connectivity index (χ4n) is 3.42. The molecule has 1 N–H and O–H groups in total. The van der Waals surface area contributed by atoms with Gasteiger partial charge in [0.2, 0.25) is 0 Å². The van der Waals surface area contributed by atoms with Gasteiger partial charge >= 0.3 is 0 Å². The van der Waals surface area contributed by atoms with Gasteiger partial charge in [-0.25, -0.2) is 0 Å². The number of rotatable bonds is 8. The summed E-state index contributed by atoms with van der Waals surface area (Å²) in [6, 6.07) is 1.46. The van der Waals surface area contributed by atoms with Crippen LogP contribution in [-0.4, -0.2) is 36.6 Å². The average molecular weight is 268 g/mol. The van der Waals surface area contributed by atoms with Gasteiger partial charge in [0.1, 0.15) is 0 Å². The highest BCUT2D eigenvalue weighted by atomic mass is 15.2. The van der Waals surface area contributed by atoms with Crippen LogP contribution in [0, 0.1) is 5.41 Å². The number of likely N-dealkylation sites (N-methyl/N-ethyl adjacent to an activating group) is 1. The highest BCUT2D eigenvalue weighted by Gasteiger charge is 2.36. The van der Waals surface area contributed by atoms with Gasteiger partial charge in [-0.1, -0.05) is 41.0 Å². The molecule has 0 radical (unpaired) electrons. The first kappa shape index (κ1) is 17.0. The lowest BCUT2D eigenvalue weighted by molar-refractivity contribution is 0.0672. The maximum Gasteiger partial charge on any atom is 0.0254 e. The van der Waals surface area contributed by atoms with E-state index in [0.717, 1.165) is 6.04 Å². The first-order valence-electron chi connectivity index (χ1n) is 8.51. The number of nitrogens with zero attached hydrogens (tertiary/aromatic N) is 1. The smallest absolute Gasteiger partial charge is 0.0254 e. The monoisotopic (exact) mass is 268 g/mol. The van der Waals surface area contributed by atoms with E-state index < -0.39 is 0 Å². The topological polar surface area (TPSA) is 15.3 Å². The van der Waals surface area contributed by atoms with Crippen LogP contribution in [0.5, 0.6) is 0 Å². The Morgan fingerprint density at radius 2 is 1.89 bits per heavy atom. The van der Waals surface area contributed by atoms with Gasteiger partial charge in [-0.05, 0) is 57.2 Å². The molecule has 2 heteroatoms. The maximum atomic E-state index is 3.81. The molecule has 0 bridgehead atoms. The molecule has 0 aromatic heterocycles. The van der Waals surface area contributed by atoms with Crippen molar-refractivity contribution in [2.24, 2.45) is 5.41 Å². The number of nitrogens with one attached hydrogen (secondary N) is 1. The maximum absolute atomic E-state index is 3.81. The first-order valence-corrected chi connectivity index (χ1v) is 8.51. The fraction of sp³-hybridized carbons (Fsp3) is 1.00. The number of hydrogen-bond donors (Lipinski definition) is 1. The standard InChI is InChI=1S/C17H36N2/c1-6-9-13-19(8-3)16-14-17(4,5)11-10-15(16)18-12-7-2/h15-16,18H,6-14H2,1-5H3. The van der Waals surface area contributed by atoms with E-state index >= 15 is 0 Å². The Bertz CT molecular complexity index is 227. The van der Waals surface area contributed by atoms with E-state index in [1.807, 2.05) is 0 Å². The van der Waals surface area contributed by atoms with Crippen LogP contribution in [0.3, 0.4) is 0 Å². The normalized spacial score (nSPS) is 26.8. The van der Waals surface area contributed by atoms with Gasteiger partial charge in [0.25, 0.3) is 0 Å². The summed E-state index contributed by atoms with van der Waals surface area (Å²) in [6.45, 7) is 15.4. The molecule has 1 aliphatic rings. The van der Waals surface area contributed by atoms with Crippen molar-refractivity contribution >= 4 is 0 Å². The SMILES string of the molecule is CCCCN(CC)C1CC(C)(C)CCC1NCCC. The zero-order valence-electron chi connectivity index (χ0n) is 14.0. The van der Waals surface area contributed by atoms with Crippen molar-refractivity contribution in [3.63, 3.8) is 0 Å². The van der Waals surface area contributed by atoms with Crippen LogP contribution < -0.4 is 5.32 Å². The van der Waals surface area contributed by atoms with Crippen LogP contribution in [0.15, 0.2) is 0 Å². The van der Waals surface area contributed by atoms with Gasteiger partial charge in [0.05, 0.1) is 0 Å². The van der Waals surface area contributed by atoms with Gasteiger partial charge in [0, 0.05) is 12.1 Å². The molecule has 2 nitrogen and oxygen atoms in total. The predicted octanol–water partition coefficient (Wildman–Crippen LogP) is 4.06. The van der Waals surface area contributed by atoms with E-state index in [-0.39, 0.29) is 0 Å². The van der Waals surface area contributed by atoms with E-state index in [4.69, 9.17) is 0 Å². The molecular weight excluding hydrogens is 232 g/mol. The van der Waals surface area contributed by atoms with E-state index in [2.05, 4.69) is 44.8 Å². The zero-order valence-corrected chi connectivity index (χ0v) is 14.0. The minimum Gasteiger partial charge on any atom is -0.312 e. The molecule has 1 rings (SSSR count). The fourth-order valence-corrected chi connectivity index (χ4v) is 3.42. The molecule has 1 saturated carbocycles. The van der Waals surface area contributed by atoms with E-state index in [1.54, 1.807) is 0 Å². The van der Waals surface area contributed by atoms with Crippen LogP contribution in [0.25, 0.3) is 0 Å². The van der Waals surface area contributed by atoms with Crippen LogP contribution >= 0.6 is 0 Å². The summed E-state index contributed by atoms with van der Waals surface area (Å²) >= 11 is 0. The van der Waals surface area contributed by atoms with Crippen LogP contribution in [0.2, 0.25) is 0 Å². The number of unbranched alkanes of at least 4 members (excludes halogenated alkanes) is 1. The van der Waals surface area contributed by atoms with Crippen LogP contribution in [0.4, 0.5) is 0 Å². The summed E-state index contributed by atoms with van der Waals surface area (Å²) in [5.74, 6) is 0. The zero-order chi connectivity index (χ0) is 14.3. The Balaban J connectivity index is 2.67. The molecule has 2 unspecified atom stereocenters. The second-order valence-corrected chi connectivity index (χ2v) is 7.02. The minimum absolute atomic E-state index is 0.523. The lowest BCUT2D eigenvalue weighted by Gasteiger charge is -2.46. The first-order chi connectivity index (χ1) is 9.04. The second-order valence-electron chi connectivity index (χ2n) is 7.02. The molecule has 114 valence electrons. The van der Waals surface area contributed by atoms with Gasteiger partial charge in [0.15, 0.2) is 0 Å². The summed E-state index contributed by atoms with van der Waals surface area (Å²) < 4.78 is 0. The van der Waals surface area contributed by atoms with Gasteiger partial charge in [-0.3, -0.25) is 4.90 Å². The Labute approximate surface area is 121 Å². The van der Waals surface area contributed by atoms with Crippen molar-refractivity contribution in [1.29, 1.82) is 0 Å². The largest absolute Gasteiger partial charge is 0.312 e. The molecule has 2 atom stereocenters. The molecule has 0 heterocycles. The third-order valence-corrected chi connectivity index (χ3v) is 4.69. The van der Waals surface area contributed by atoms with E-state index in [0.29, 0.717) is 11.5 Å². The molecule has 0 saturated heterocycles. The lowest BCUT2D eigenvalue weighted by atomic mass is 9.72. The van der Waals surface area contributed by atoms with Crippen molar-refractivity contribution < 1.29 is 0 Å². The summed E-state index contributed by atoms with van der Waals surface area (Å²) in [5, 5.41) is 3.81. The quantitative estimate of drug-likeness (QED) is 0.714. The van der Waals surface area contributed by atoms with Crippen molar-refractivity contribution in [2.75, 3.05) is 19.6 Å². The third kappa shape index (κ3) is 5.43. The summed E-state index contributed by atoms with van der Waals surface area (Å²) in [5.41, 5.74) is 0.523. The highest BCUT2D eigenvalue weighted by Crippen LogP contribution is 2.37. The average Bonchev–Trinajstić information content (AvgIpc) is 2.38. The van der Waals surface area contributed by atoms with Crippen LogP contribution in [-0.2, 0) is 0 Å². The van der Waals surface area contributed by atoms with E-state index in [9.17, 15) is 0 Å². The Hall–Kier alpha value is -0.0800. The molecule has 0 spiro atoms.